The summed E-state index contributed by atoms with van der Waals surface area (Å²) in [4.78, 5) is 0. The summed E-state index contributed by atoms with van der Waals surface area (Å²) in [5, 5.41) is 1.31. The van der Waals surface area contributed by atoms with Crippen LogP contribution >= 0.6 is 0 Å². The van der Waals surface area contributed by atoms with E-state index in [4.69, 9.17) is 4.74 Å². The van der Waals surface area contributed by atoms with Crippen LogP contribution in [0, 0.1) is 6.92 Å². The molecule has 0 radical (unpaired) electrons. The van der Waals surface area contributed by atoms with E-state index < -0.39 is 0 Å². The lowest BCUT2D eigenvalue weighted by Crippen LogP contribution is -2.03. The van der Waals surface area contributed by atoms with E-state index in [1.54, 1.807) is 0 Å². The van der Waals surface area contributed by atoms with E-state index in [1.165, 1.54) is 16.5 Å². The van der Waals surface area contributed by atoms with Gasteiger partial charge in [-0.25, -0.2) is 0 Å². The number of aromatic nitrogens is 1. The summed E-state index contributed by atoms with van der Waals surface area (Å²) >= 11 is 0. The third-order valence-corrected chi connectivity index (χ3v) is 3.48. The summed E-state index contributed by atoms with van der Waals surface area (Å²) < 4.78 is 8.03. The summed E-state index contributed by atoms with van der Waals surface area (Å²) in [6.07, 6.45) is 3.17. The molecular weight excluding hydrogens is 246 g/mol. The molecule has 3 aromatic rings. The number of aryl methyl sites for hydroxylation is 2. The zero-order valence-electron chi connectivity index (χ0n) is 11.8. The van der Waals surface area contributed by atoms with Crippen molar-refractivity contribution >= 4 is 10.9 Å². The van der Waals surface area contributed by atoms with E-state index in [-0.39, 0.29) is 0 Å². The molecule has 0 N–H and O–H groups in total. The predicted octanol–water partition coefficient (Wildman–Crippen LogP) is 4.42. The van der Waals surface area contributed by atoms with E-state index >= 15 is 0 Å². The fraction of sp³-hybridized carbons (Fsp3) is 0.222. The van der Waals surface area contributed by atoms with E-state index in [2.05, 4.69) is 42.0 Å². The van der Waals surface area contributed by atoms with Crippen LogP contribution in [0.5, 0.6) is 5.75 Å². The van der Waals surface area contributed by atoms with Gasteiger partial charge in [0.15, 0.2) is 0 Å². The van der Waals surface area contributed by atoms with Gasteiger partial charge < -0.3 is 9.30 Å². The summed E-state index contributed by atoms with van der Waals surface area (Å²) in [5.74, 6) is 0.945. The maximum atomic E-state index is 5.73. The Bertz CT molecular complexity index is 685. The van der Waals surface area contributed by atoms with Gasteiger partial charge in [-0.2, -0.15) is 0 Å². The van der Waals surface area contributed by atoms with Gasteiger partial charge in [-0.05, 0) is 48.6 Å². The molecular formula is C18H19NO. The normalized spacial score (nSPS) is 10.8. The van der Waals surface area contributed by atoms with Gasteiger partial charge in [0.1, 0.15) is 5.75 Å². The van der Waals surface area contributed by atoms with Crippen LogP contribution in [0.2, 0.25) is 0 Å². The molecule has 0 saturated heterocycles. The molecule has 0 atom stereocenters. The second-order valence-electron chi connectivity index (χ2n) is 5.09. The van der Waals surface area contributed by atoms with Gasteiger partial charge in [-0.15, -0.1) is 0 Å². The third kappa shape index (κ3) is 2.85. The number of rotatable bonds is 5. The highest BCUT2D eigenvalue weighted by Crippen LogP contribution is 2.18. The Labute approximate surface area is 119 Å². The number of hydrogen-bond donors (Lipinski definition) is 0. The molecule has 1 heterocycles. The van der Waals surface area contributed by atoms with Crippen molar-refractivity contribution in [3.8, 4) is 5.75 Å². The molecule has 0 amide bonds. The van der Waals surface area contributed by atoms with E-state index in [1.807, 2.05) is 30.3 Å². The Balaban J connectivity index is 1.59. The molecule has 0 aliphatic carbocycles. The topological polar surface area (TPSA) is 14.2 Å². The largest absolute Gasteiger partial charge is 0.494 e. The maximum absolute atomic E-state index is 5.73. The number of hydrogen-bond acceptors (Lipinski definition) is 1. The summed E-state index contributed by atoms with van der Waals surface area (Å²) in [6.45, 7) is 3.87. The minimum Gasteiger partial charge on any atom is -0.494 e. The average molecular weight is 265 g/mol. The molecule has 1 aromatic heterocycles. The first kappa shape index (κ1) is 12.8. The molecule has 0 spiro atoms. The molecule has 102 valence electrons. The van der Waals surface area contributed by atoms with Crippen LogP contribution in [0.4, 0.5) is 0 Å². The number of para-hydroxylation sites is 1. The molecule has 2 nitrogen and oxygen atoms in total. The Morgan fingerprint density at radius 1 is 1.00 bits per heavy atom. The van der Waals surface area contributed by atoms with Crippen LogP contribution in [0.25, 0.3) is 10.9 Å². The van der Waals surface area contributed by atoms with Crippen molar-refractivity contribution in [2.24, 2.45) is 0 Å². The molecule has 2 aromatic carbocycles. The maximum Gasteiger partial charge on any atom is 0.119 e. The highest BCUT2D eigenvalue weighted by atomic mass is 16.5. The zero-order valence-corrected chi connectivity index (χ0v) is 11.8. The standard InChI is InChI=1S/C18H19NO/c1-15-8-9-16-10-12-19(18(16)14-15)11-5-13-20-17-6-3-2-4-7-17/h2-4,6-10,12,14H,5,11,13H2,1H3. The molecule has 0 bridgehead atoms. The van der Waals surface area contributed by atoms with Gasteiger partial charge >= 0.3 is 0 Å². The summed E-state index contributed by atoms with van der Waals surface area (Å²) in [6, 6.07) is 18.7. The van der Waals surface area contributed by atoms with Gasteiger partial charge in [0.05, 0.1) is 6.61 Å². The monoisotopic (exact) mass is 265 g/mol. The van der Waals surface area contributed by atoms with Crippen molar-refractivity contribution in [3.05, 3.63) is 66.4 Å². The Hall–Kier alpha value is -2.22. The molecule has 0 aliphatic rings. The van der Waals surface area contributed by atoms with Gasteiger partial charge in [-0.1, -0.05) is 30.3 Å². The molecule has 0 fully saturated rings. The second kappa shape index (κ2) is 5.83. The SMILES string of the molecule is Cc1ccc2ccn(CCCOc3ccccc3)c2c1. The first-order chi connectivity index (χ1) is 9.83. The smallest absolute Gasteiger partial charge is 0.119 e. The lowest BCUT2D eigenvalue weighted by molar-refractivity contribution is 0.302. The van der Waals surface area contributed by atoms with Crippen molar-refractivity contribution < 1.29 is 4.74 Å². The average Bonchev–Trinajstić information content (AvgIpc) is 2.87. The van der Waals surface area contributed by atoms with Crippen molar-refractivity contribution in [1.29, 1.82) is 0 Å². The Morgan fingerprint density at radius 3 is 2.70 bits per heavy atom. The molecule has 2 heteroatoms. The van der Waals surface area contributed by atoms with Crippen LogP contribution in [-0.4, -0.2) is 11.2 Å². The number of nitrogens with zero attached hydrogens (tertiary/aromatic N) is 1. The summed E-state index contributed by atoms with van der Waals surface area (Å²) in [5.41, 5.74) is 2.61. The van der Waals surface area contributed by atoms with Crippen LogP contribution in [-0.2, 0) is 6.54 Å². The minimum absolute atomic E-state index is 0.746. The minimum atomic E-state index is 0.746. The first-order valence-corrected chi connectivity index (χ1v) is 7.06. The Morgan fingerprint density at radius 2 is 1.85 bits per heavy atom. The fourth-order valence-electron chi connectivity index (χ4n) is 2.43. The van der Waals surface area contributed by atoms with E-state index in [0.717, 1.165) is 25.3 Å². The van der Waals surface area contributed by atoms with Crippen LogP contribution < -0.4 is 4.74 Å². The van der Waals surface area contributed by atoms with E-state index in [9.17, 15) is 0 Å². The van der Waals surface area contributed by atoms with Crippen LogP contribution in [0.1, 0.15) is 12.0 Å². The first-order valence-electron chi connectivity index (χ1n) is 7.06. The van der Waals surface area contributed by atoms with Gasteiger partial charge in [-0.3, -0.25) is 0 Å². The van der Waals surface area contributed by atoms with Crippen LogP contribution in [0.3, 0.4) is 0 Å². The van der Waals surface area contributed by atoms with Crippen molar-refractivity contribution in [3.63, 3.8) is 0 Å². The van der Waals surface area contributed by atoms with Crippen molar-refractivity contribution in [2.45, 2.75) is 19.9 Å². The predicted molar refractivity (Wildman–Crippen MR) is 83.2 cm³/mol. The quantitative estimate of drug-likeness (QED) is 0.623. The molecule has 20 heavy (non-hydrogen) atoms. The van der Waals surface area contributed by atoms with Gasteiger partial charge in [0.25, 0.3) is 0 Å². The highest BCUT2D eigenvalue weighted by Gasteiger charge is 2.01. The number of benzene rings is 2. The summed E-state index contributed by atoms with van der Waals surface area (Å²) in [7, 11) is 0. The molecule has 0 aliphatic heterocycles. The molecule has 0 unspecified atom stereocenters. The number of ether oxygens (including phenoxy) is 1. The van der Waals surface area contributed by atoms with E-state index in [0.29, 0.717) is 0 Å². The third-order valence-electron chi connectivity index (χ3n) is 3.48. The lowest BCUT2D eigenvalue weighted by atomic mass is 10.2. The number of fused-ring (bicyclic) bond motifs is 1. The van der Waals surface area contributed by atoms with Gasteiger partial charge in [0.2, 0.25) is 0 Å². The Kier molecular flexibility index (Phi) is 3.73. The lowest BCUT2D eigenvalue weighted by Gasteiger charge is -2.08. The van der Waals surface area contributed by atoms with Crippen molar-refractivity contribution in [2.75, 3.05) is 6.61 Å². The van der Waals surface area contributed by atoms with Gasteiger partial charge in [0, 0.05) is 18.3 Å². The molecule has 0 saturated carbocycles. The van der Waals surface area contributed by atoms with Crippen molar-refractivity contribution in [1.82, 2.24) is 4.57 Å². The molecule has 3 rings (SSSR count). The zero-order chi connectivity index (χ0) is 13.8. The fourth-order valence-corrected chi connectivity index (χ4v) is 2.43. The second-order valence-corrected chi connectivity index (χ2v) is 5.09. The van der Waals surface area contributed by atoms with Crippen LogP contribution in [0.15, 0.2) is 60.8 Å². The highest BCUT2D eigenvalue weighted by molar-refractivity contribution is 5.80.